The number of ether oxygens (including phenoxy) is 3. The molecule has 0 aliphatic rings. The summed E-state index contributed by atoms with van der Waals surface area (Å²) in [5.41, 5.74) is 3.74. The number of fused-ring (bicyclic) bond motifs is 1. The third kappa shape index (κ3) is 5.93. The zero-order chi connectivity index (χ0) is 24.6. The van der Waals surface area contributed by atoms with Crippen LogP contribution in [0, 0.1) is 6.92 Å². The third-order valence-electron chi connectivity index (χ3n) is 5.80. The number of carbonyl (C=O) groups excluding carboxylic acids is 1. The maximum absolute atomic E-state index is 12.7. The van der Waals surface area contributed by atoms with Crippen molar-refractivity contribution in [1.29, 1.82) is 0 Å². The lowest BCUT2D eigenvalue weighted by molar-refractivity contribution is 0.0953. The molecule has 4 aromatic rings. The minimum absolute atomic E-state index is 0.167. The zero-order valence-corrected chi connectivity index (χ0v) is 20.4. The maximum atomic E-state index is 12.7. The summed E-state index contributed by atoms with van der Waals surface area (Å²) < 4.78 is 18.7. The van der Waals surface area contributed by atoms with Gasteiger partial charge in [0.2, 0.25) is 0 Å². The monoisotopic (exact) mass is 473 g/mol. The van der Waals surface area contributed by atoms with Crippen LogP contribution in [0.1, 0.15) is 28.2 Å². The van der Waals surface area contributed by atoms with Crippen LogP contribution in [0.5, 0.6) is 17.2 Å². The number of nitrogens with one attached hydrogen (secondary N) is 1. The molecule has 0 saturated heterocycles. The van der Waals surface area contributed by atoms with Gasteiger partial charge in [0.05, 0.1) is 31.9 Å². The molecule has 0 saturated carbocycles. The van der Waals surface area contributed by atoms with Crippen LogP contribution in [0.2, 0.25) is 0 Å². The van der Waals surface area contributed by atoms with Crippen LogP contribution in [0.25, 0.3) is 11.0 Å². The molecular weight excluding hydrogens is 442 g/mol. The molecule has 1 N–H and O–H groups in total. The van der Waals surface area contributed by atoms with Crippen LogP contribution in [-0.4, -0.2) is 42.8 Å². The first-order chi connectivity index (χ1) is 17.1. The molecule has 0 aliphatic carbocycles. The molecule has 35 heavy (non-hydrogen) atoms. The standard InChI is InChI=1S/C28H31N3O4/c1-20-8-6-9-22(18-20)35-17-7-16-31-24-11-5-4-10-23(24)30-27(31)14-15-29-28(32)21-12-13-25(33-2)26(19-21)34-3/h4-6,8-13,18-19H,7,14-17H2,1-3H3,(H,29,32). The fourth-order valence-corrected chi connectivity index (χ4v) is 4.05. The Labute approximate surface area is 205 Å². The van der Waals surface area contributed by atoms with Gasteiger partial charge in [-0.1, -0.05) is 24.3 Å². The summed E-state index contributed by atoms with van der Waals surface area (Å²) in [5.74, 6) is 2.77. The molecule has 1 heterocycles. The first-order valence-corrected chi connectivity index (χ1v) is 11.7. The summed E-state index contributed by atoms with van der Waals surface area (Å²) in [6.45, 7) is 3.92. The Morgan fingerprint density at radius 3 is 2.60 bits per heavy atom. The topological polar surface area (TPSA) is 74.6 Å². The molecule has 0 fully saturated rings. The Balaban J connectivity index is 1.38. The van der Waals surface area contributed by atoms with Gasteiger partial charge in [0.25, 0.3) is 5.91 Å². The van der Waals surface area contributed by atoms with Gasteiger partial charge in [0, 0.05) is 25.1 Å². The van der Waals surface area contributed by atoms with Crippen LogP contribution in [0.15, 0.2) is 66.7 Å². The van der Waals surface area contributed by atoms with Crippen LogP contribution >= 0.6 is 0 Å². The Morgan fingerprint density at radius 2 is 1.80 bits per heavy atom. The highest BCUT2D eigenvalue weighted by Crippen LogP contribution is 2.27. The van der Waals surface area contributed by atoms with Crippen LogP contribution < -0.4 is 19.5 Å². The smallest absolute Gasteiger partial charge is 0.251 e. The predicted octanol–water partition coefficient (Wildman–Crippen LogP) is 4.80. The summed E-state index contributed by atoms with van der Waals surface area (Å²) >= 11 is 0. The van der Waals surface area contributed by atoms with Crippen molar-refractivity contribution in [3.63, 3.8) is 0 Å². The molecule has 0 aliphatic heterocycles. The van der Waals surface area contributed by atoms with Crippen molar-refractivity contribution < 1.29 is 19.0 Å². The van der Waals surface area contributed by atoms with Crippen molar-refractivity contribution in [3.05, 3.63) is 83.7 Å². The lowest BCUT2D eigenvalue weighted by atomic mass is 10.2. The number of hydrogen-bond donors (Lipinski definition) is 1. The quantitative estimate of drug-likeness (QED) is 0.317. The van der Waals surface area contributed by atoms with Gasteiger partial charge >= 0.3 is 0 Å². The van der Waals surface area contributed by atoms with Gasteiger partial charge in [-0.15, -0.1) is 0 Å². The second-order valence-electron chi connectivity index (χ2n) is 8.26. The number of rotatable bonds is 11. The number of aryl methyl sites for hydroxylation is 2. The van der Waals surface area contributed by atoms with Crippen molar-refractivity contribution in [2.75, 3.05) is 27.4 Å². The first-order valence-electron chi connectivity index (χ1n) is 11.7. The lowest BCUT2D eigenvalue weighted by Crippen LogP contribution is -2.26. The van der Waals surface area contributed by atoms with E-state index in [4.69, 9.17) is 19.2 Å². The number of hydrogen-bond acceptors (Lipinski definition) is 5. The molecule has 4 rings (SSSR count). The fraction of sp³-hybridized carbons (Fsp3) is 0.286. The molecule has 3 aromatic carbocycles. The number of amides is 1. The molecule has 182 valence electrons. The first kappa shape index (κ1) is 24.1. The summed E-state index contributed by atoms with van der Waals surface area (Å²) in [7, 11) is 3.12. The number of benzene rings is 3. The van der Waals surface area contributed by atoms with E-state index in [1.165, 1.54) is 5.56 Å². The van der Waals surface area contributed by atoms with E-state index in [0.29, 0.717) is 36.6 Å². The summed E-state index contributed by atoms with van der Waals surface area (Å²) in [6.07, 6.45) is 1.46. The van der Waals surface area contributed by atoms with Crippen LogP contribution in [0.3, 0.4) is 0 Å². The molecule has 1 aromatic heterocycles. The van der Waals surface area contributed by atoms with Gasteiger partial charge in [-0.2, -0.15) is 0 Å². The Bertz CT molecular complexity index is 1300. The number of nitrogens with zero attached hydrogens (tertiary/aromatic N) is 2. The highest BCUT2D eigenvalue weighted by molar-refractivity contribution is 5.94. The normalized spacial score (nSPS) is 10.8. The minimum Gasteiger partial charge on any atom is -0.494 e. The van der Waals surface area contributed by atoms with Crippen molar-refractivity contribution in [1.82, 2.24) is 14.9 Å². The average Bonchev–Trinajstić information content (AvgIpc) is 3.23. The van der Waals surface area contributed by atoms with Gasteiger partial charge in [-0.25, -0.2) is 4.98 Å². The largest absolute Gasteiger partial charge is 0.494 e. The summed E-state index contributed by atoms with van der Waals surface area (Å²) in [6, 6.07) is 21.3. The third-order valence-corrected chi connectivity index (χ3v) is 5.80. The van der Waals surface area contributed by atoms with Gasteiger partial charge in [-0.3, -0.25) is 4.79 Å². The molecule has 0 radical (unpaired) electrons. The lowest BCUT2D eigenvalue weighted by Gasteiger charge is -2.12. The highest BCUT2D eigenvalue weighted by Gasteiger charge is 2.13. The molecule has 7 nitrogen and oxygen atoms in total. The van der Waals surface area contributed by atoms with E-state index in [-0.39, 0.29) is 5.91 Å². The average molecular weight is 474 g/mol. The predicted molar refractivity (Wildman–Crippen MR) is 137 cm³/mol. The molecule has 0 atom stereocenters. The summed E-state index contributed by atoms with van der Waals surface area (Å²) in [4.78, 5) is 17.5. The Hall–Kier alpha value is -4.00. The maximum Gasteiger partial charge on any atom is 0.251 e. The highest BCUT2D eigenvalue weighted by atomic mass is 16.5. The molecule has 7 heteroatoms. The fourth-order valence-electron chi connectivity index (χ4n) is 4.05. The molecule has 0 bridgehead atoms. The Morgan fingerprint density at radius 1 is 0.971 bits per heavy atom. The molecule has 0 unspecified atom stereocenters. The van der Waals surface area contributed by atoms with Crippen molar-refractivity contribution in [3.8, 4) is 17.2 Å². The molecule has 1 amide bonds. The summed E-state index contributed by atoms with van der Waals surface area (Å²) in [5, 5.41) is 2.99. The SMILES string of the molecule is COc1ccc(C(=O)NCCc2nc3ccccc3n2CCCOc2cccc(C)c2)cc1OC. The van der Waals surface area contributed by atoms with E-state index in [1.807, 2.05) is 36.4 Å². The van der Waals surface area contributed by atoms with Gasteiger partial charge < -0.3 is 24.1 Å². The van der Waals surface area contributed by atoms with Gasteiger partial charge in [0.15, 0.2) is 11.5 Å². The number of carbonyl (C=O) groups is 1. The van der Waals surface area contributed by atoms with Gasteiger partial charge in [-0.05, 0) is 61.4 Å². The number of para-hydroxylation sites is 2. The number of aromatic nitrogens is 2. The molecule has 0 spiro atoms. The van der Waals surface area contributed by atoms with Crippen molar-refractivity contribution >= 4 is 16.9 Å². The van der Waals surface area contributed by atoms with Crippen molar-refractivity contribution in [2.24, 2.45) is 0 Å². The van der Waals surface area contributed by atoms with E-state index in [1.54, 1.807) is 32.4 Å². The van der Waals surface area contributed by atoms with E-state index in [0.717, 1.165) is 35.6 Å². The number of methoxy groups -OCH3 is 2. The van der Waals surface area contributed by atoms with E-state index in [2.05, 4.69) is 28.9 Å². The van der Waals surface area contributed by atoms with Gasteiger partial charge in [0.1, 0.15) is 11.6 Å². The van der Waals surface area contributed by atoms with Crippen LogP contribution in [0.4, 0.5) is 0 Å². The van der Waals surface area contributed by atoms with Crippen LogP contribution in [-0.2, 0) is 13.0 Å². The zero-order valence-electron chi connectivity index (χ0n) is 20.4. The number of imidazole rings is 1. The molecular formula is C28H31N3O4. The van der Waals surface area contributed by atoms with E-state index < -0.39 is 0 Å². The Kier molecular flexibility index (Phi) is 7.88. The van der Waals surface area contributed by atoms with E-state index in [9.17, 15) is 4.79 Å². The van der Waals surface area contributed by atoms with Crippen molar-refractivity contribution in [2.45, 2.75) is 26.3 Å². The minimum atomic E-state index is -0.167. The second-order valence-corrected chi connectivity index (χ2v) is 8.26. The van der Waals surface area contributed by atoms with E-state index >= 15 is 0 Å². The second kappa shape index (κ2) is 11.4.